The molecule has 6 nitrogen and oxygen atoms in total. The molecular formula is C24H23ClN2O4. The lowest BCUT2D eigenvalue weighted by Crippen LogP contribution is -2.17. The quantitative estimate of drug-likeness (QED) is 0.401. The number of amides is 1. The summed E-state index contributed by atoms with van der Waals surface area (Å²) in [5.74, 6) is 0.792. The standard InChI is InChI=1S/C24H23ClN2O4/c1-15-10-19(11-16(2)23(15)25)31-14-18-12-17(8-9-22(18)30-3)13-26-27-24(29)20-6-4-5-7-21(20)28/h4-13,28H,14H2,1-3H3,(H,27,29)/b26-13+. The van der Waals surface area contributed by atoms with E-state index in [0.717, 1.165) is 33.0 Å². The number of aryl methyl sites for hydroxylation is 2. The summed E-state index contributed by atoms with van der Waals surface area (Å²) < 4.78 is 11.4. The second-order valence-corrected chi connectivity index (χ2v) is 7.33. The SMILES string of the molecule is COc1ccc(/C=N/NC(=O)c2ccccc2O)cc1COc1cc(C)c(Cl)c(C)c1. The third-order valence-electron chi connectivity index (χ3n) is 4.64. The van der Waals surface area contributed by atoms with E-state index in [1.807, 2.05) is 44.2 Å². The molecule has 31 heavy (non-hydrogen) atoms. The van der Waals surface area contributed by atoms with Gasteiger partial charge in [0.2, 0.25) is 0 Å². The summed E-state index contributed by atoms with van der Waals surface area (Å²) in [4.78, 5) is 12.1. The molecule has 3 aromatic rings. The summed E-state index contributed by atoms with van der Waals surface area (Å²) in [5, 5.41) is 14.5. The van der Waals surface area contributed by atoms with Gasteiger partial charge in [0.25, 0.3) is 5.91 Å². The van der Waals surface area contributed by atoms with Gasteiger partial charge in [-0.25, -0.2) is 5.43 Å². The number of nitrogens with one attached hydrogen (secondary N) is 1. The molecule has 0 unspecified atom stereocenters. The summed E-state index contributed by atoms with van der Waals surface area (Å²) in [6, 6.07) is 15.5. The minimum atomic E-state index is -0.500. The summed E-state index contributed by atoms with van der Waals surface area (Å²) in [5.41, 5.74) is 6.03. The molecule has 0 heterocycles. The number of para-hydroxylation sites is 1. The number of hydrazone groups is 1. The fourth-order valence-electron chi connectivity index (χ4n) is 3.03. The number of methoxy groups -OCH3 is 1. The average Bonchev–Trinajstić information content (AvgIpc) is 2.76. The van der Waals surface area contributed by atoms with Crippen LogP contribution in [0.3, 0.4) is 0 Å². The summed E-state index contributed by atoms with van der Waals surface area (Å²) in [6.07, 6.45) is 1.51. The number of benzene rings is 3. The maximum absolute atomic E-state index is 12.1. The van der Waals surface area contributed by atoms with Gasteiger partial charge in [0, 0.05) is 10.6 Å². The summed E-state index contributed by atoms with van der Waals surface area (Å²) in [7, 11) is 1.59. The van der Waals surface area contributed by atoms with Crippen LogP contribution >= 0.6 is 11.6 Å². The van der Waals surface area contributed by atoms with Gasteiger partial charge in [0.15, 0.2) is 0 Å². The lowest BCUT2D eigenvalue weighted by molar-refractivity contribution is 0.0952. The van der Waals surface area contributed by atoms with Gasteiger partial charge in [-0.05, 0) is 73.0 Å². The van der Waals surface area contributed by atoms with Crippen LogP contribution in [0.4, 0.5) is 0 Å². The van der Waals surface area contributed by atoms with Crippen LogP contribution in [-0.4, -0.2) is 24.3 Å². The van der Waals surface area contributed by atoms with Crippen LogP contribution in [0.2, 0.25) is 5.02 Å². The molecule has 3 aromatic carbocycles. The van der Waals surface area contributed by atoms with Crippen molar-refractivity contribution in [3.63, 3.8) is 0 Å². The Morgan fingerprint density at radius 2 is 1.84 bits per heavy atom. The van der Waals surface area contributed by atoms with E-state index < -0.39 is 5.91 Å². The Kier molecular flexibility index (Phi) is 7.15. The monoisotopic (exact) mass is 438 g/mol. The van der Waals surface area contributed by atoms with Crippen molar-refractivity contribution in [2.24, 2.45) is 5.10 Å². The van der Waals surface area contributed by atoms with Gasteiger partial charge in [-0.15, -0.1) is 0 Å². The van der Waals surface area contributed by atoms with E-state index in [1.165, 1.54) is 18.3 Å². The Bertz CT molecular complexity index is 1110. The number of carbonyl (C=O) groups is 1. The average molecular weight is 439 g/mol. The van der Waals surface area contributed by atoms with Crippen molar-refractivity contribution < 1.29 is 19.4 Å². The van der Waals surface area contributed by atoms with E-state index in [0.29, 0.717) is 5.75 Å². The molecule has 0 aliphatic carbocycles. The lowest BCUT2D eigenvalue weighted by atomic mass is 10.1. The van der Waals surface area contributed by atoms with Gasteiger partial charge in [0.05, 0.1) is 18.9 Å². The first-order valence-corrected chi connectivity index (χ1v) is 9.94. The Morgan fingerprint density at radius 3 is 2.52 bits per heavy atom. The number of carbonyl (C=O) groups excluding carboxylic acids is 1. The molecule has 0 saturated heterocycles. The number of nitrogens with zero attached hydrogens (tertiary/aromatic N) is 1. The molecule has 0 spiro atoms. The Morgan fingerprint density at radius 1 is 1.13 bits per heavy atom. The van der Waals surface area contributed by atoms with Gasteiger partial charge in [-0.1, -0.05) is 23.7 Å². The third-order valence-corrected chi connectivity index (χ3v) is 5.23. The lowest BCUT2D eigenvalue weighted by Gasteiger charge is -2.13. The Balaban J connectivity index is 1.71. The van der Waals surface area contributed by atoms with Crippen molar-refractivity contribution in [3.05, 3.63) is 87.4 Å². The van der Waals surface area contributed by atoms with Crippen molar-refractivity contribution in [2.75, 3.05) is 7.11 Å². The molecule has 0 bridgehead atoms. The number of aromatic hydroxyl groups is 1. The van der Waals surface area contributed by atoms with Crippen LogP contribution in [-0.2, 0) is 6.61 Å². The molecule has 1 amide bonds. The fraction of sp³-hybridized carbons (Fsp3) is 0.167. The predicted octanol–water partition coefficient (Wildman–Crippen LogP) is 5.01. The van der Waals surface area contributed by atoms with Gasteiger partial charge in [0.1, 0.15) is 23.9 Å². The molecule has 0 aromatic heterocycles. The first-order chi connectivity index (χ1) is 14.9. The van der Waals surface area contributed by atoms with E-state index >= 15 is 0 Å². The first-order valence-electron chi connectivity index (χ1n) is 9.57. The van der Waals surface area contributed by atoms with Crippen LogP contribution in [0.1, 0.15) is 32.6 Å². The van der Waals surface area contributed by atoms with Crippen molar-refractivity contribution in [2.45, 2.75) is 20.5 Å². The largest absolute Gasteiger partial charge is 0.507 e. The number of ether oxygens (including phenoxy) is 2. The van der Waals surface area contributed by atoms with Crippen molar-refractivity contribution in [1.29, 1.82) is 0 Å². The summed E-state index contributed by atoms with van der Waals surface area (Å²) >= 11 is 6.22. The second-order valence-electron chi connectivity index (χ2n) is 6.95. The second kappa shape index (κ2) is 10.00. The predicted molar refractivity (Wildman–Crippen MR) is 121 cm³/mol. The molecule has 0 fully saturated rings. The van der Waals surface area contributed by atoms with Crippen molar-refractivity contribution in [1.82, 2.24) is 5.43 Å². The minimum absolute atomic E-state index is 0.105. The Labute approximate surface area is 186 Å². The number of halogens is 1. The van der Waals surface area contributed by atoms with E-state index in [4.69, 9.17) is 21.1 Å². The van der Waals surface area contributed by atoms with Gasteiger partial charge in [-0.3, -0.25) is 4.79 Å². The number of phenols is 1. The fourth-order valence-corrected chi connectivity index (χ4v) is 3.14. The van der Waals surface area contributed by atoms with Crippen LogP contribution < -0.4 is 14.9 Å². The molecule has 0 aliphatic heterocycles. The molecule has 0 radical (unpaired) electrons. The highest BCUT2D eigenvalue weighted by Crippen LogP contribution is 2.27. The highest BCUT2D eigenvalue weighted by molar-refractivity contribution is 6.32. The molecule has 0 aliphatic rings. The number of rotatable bonds is 7. The molecule has 3 rings (SSSR count). The maximum Gasteiger partial charge on any atom is 0.275 e. The highest BCUT2D eigenvalue weighted by atomic mass is 35.5. The first kappa shape index (κ1) is 22.2. The zero-order valence-electron chi connectivity index (χ0n) is 17.5. The zero-order chi connectivity index (χ0) is 22.4. The van der Waals surface area contributed by atoms with Crippen LogP contribution in [0, 0.1) is 13.8 Å². The van der Waals surface area contributed by atoms with E-state index in [9.17, 15) is 9.90 Å². The number of phenolic OH excluding ortho intramolecular Hbond substituents is 1. The topological polar surface area (TPSA) is 80.2 Å². The summed E-state index contributed by atoms with van der Waals surface area (Å²) in [6.45, 7) is 4.16. The van der Waals surface area contributed by atoms with Crippen LogP contribution in [0.15, 0.2) is 59.7 Å². The van der Waals surface area contributed by atoms with Crippen LogP contribution in [0.5, 0.6) is 17.2 Å². The van der Waals surface area contributed by atoms with E-state index in [2.05, 4.69) is 10.5 Å². The van der Waals surface area contributed by atoms with Crippen molar-refractivity contribution in [3.8, 4) is 17.2 Å². The zero-order valence-corrected chi connectivity index (χ0v) is 18.2. The molecular weight excluding hydrogens is 416 g/mol. The molecule has 0 atom stereocenters. The van der Waals surface area contributed by atoms with E-state index in [1.54, 1.807) is 19.2 Å². The molecule has 2 N–H and O–H groups in total. The van der Waals surface area contributed by atoms with Gasteiger partial charge in [-0.2, -0.15) is 5.10 Å². The van der Waals surface area contributed by atoms with Gasteiger partial charge >= 0.3 is 0 Å². The molecule has 7 heteroatoms. The minimum Gasteiger partial charge on any atom is -0.507 e. The normalized spacial score (nSPS) is 10.8. The third kappa shape index (κ3) is 5.55. The number of hydrogen-bond acceptors (Lipinski definition) is 5. The van der Waals surface area contributed by atoms with Gasteiger partial charge < -0.3 is 14.6 Å². The molecule has 160 valence electrons. The molecule has 0 saturated carbocycles. The van der Waals surface area contributed by atoms with Crippen LogP contribution in [0.25, 0.3) is 0 Å². The van der Waals surface area contributed by atoms with E-state index in [-0.39, 0.29) is 17.9 Å². The van der Waals surface area contributed by atoms with Crippen molar-refractivity contribution >= 4 is 23.7 Å². The maximum atomic E-state index is 12.1. The smallest absolute Gasteiger partial charge is 0.275 e. The number of hydrogen-bond donors (Lipinski definition) is 2. The highest BCUT2D eigenvalue weighted by Gasteiger charge is 2.10. The Hall–Kier alpha value is -3.51.